The number of fused-ring (bicyclic) bond motifs is 1. The van der Waals surface area contributed by atoms with Crippen molar-refractivity contribution in [3.8, 4) is 0 Å². The van der Waals surface area contributed by atoms with Gasteiger partial charge in [-0.15, -0.1) is 5.10 Å². The Hall–Kier alpha value is -3.19. The first-order valence-corrected chi connectivity index (χ1v) is 10.4. The van der Waals surface area contributed by atoms with Gasteiger partial charge in [-0.05, 0) is 42.7 Å². The molecule has 1 atom stereocenters. The van der Waals surface area contributed by atoms with Gasteiger partial charge >= 0.3 is 0 Å². The molecule has 7 nitrogen and oxygen atoms in total. The smallest absolute Gasteiger partial charge is 0.276 e. The number of piperidine rings is 1. The van der Waals surface area contributed by atoms with Gasteiger partial charge in [-0.1, -0.05) is 41.1 Å². The first-order chi connectivity index (χ1) is 14.7. The normalized spacial score (nSPS) is 16.8. The molecule has 1 N–H and O–H groups in total. The van der Waals surface area contributed by atoms with E-state index in [9.17, 15) is 4.79 Å². The number of benzene rings is 2. The van der Waals surface area contributed by atoms with Gasteiger partial charge in [-0.25, -0.2) is 9.67 Å². The number of aromatic nitrogens is 5. The molecule has 30 heavy (non-hydrogen) atoms. The SMILES string of the molecule is O=C(c1cn(Cc2ccc(Cl)cc2)nn1)N1CCC[C@@H](c2nc3ccccc3[nH]2)C1. The van der Waals surface area contributed by atoms with Crippen LogP contribution in [-0.4, -0.2) is 48.9 Å². The van der Waals surface area contributed by atoms with Crippen LogP contribution in [0.5, 0.6) is 0 Å². The molecular weight excluding hydrogens is 400 g/mol. The molecular formula is C22H21ClN6O. The highest BCUT2D eigenvalue weighted by Crippen LogP contribution is 2.27. The van der Waals surface area contributed by atoms with Crippen LogP contribution in [0.2, 0.25) is 5.02 Å². The quantitative estimate of drug-likeness (QED) is 0.543. The lowest BCUT2D eigenvalue weighted by molar-refractivity contribution is 0.0699. The van der Waals surface area contributed by atoms with Gasteiger partial charge in [0.05, 0.1) is 23.8 Å². The molecule has 0 spiro atoms. The fourth-order valence-electron chi connectivity index (χ4n) is 3.96. The van der Waals surface area contributed by atoms with Crippen molar-refractivity contribution in [1.29, 1.82) is 0 Å². The van der Waals surface area contributed by atoms with Gasteiger partial charge in [0.15, 0.2) is 5.69 Å². The summed E-state index contributed by atoms with van der Waals surface area (Å²) in [5, 5.41) is 8.93. The van der Waals surface area contributed by atoms with E-state index in [1.807, 2.05) is 53.4 Å². The van der Waals surface area contributed by atoms with Crippen molar-refractivity contribution in [1.82, 2.24) is 29.9 Å². The zero-order chi connectivity index (χ0) is 20.5. The van der Waals surface area contributed by atoms with Crippen LogP contribution in [0.3, 0.4) is 0 Å². The summed E-state index contributed by atoms with van der Waals surface area (Å²) in [6.07, 6.45) is 3.65. The maximum Gasteiger partial charge on any atom is 0.276 e. The van der Waals surface area contributed by atoms with Gasteiger partial charge in [0.1, 0.15) is 5.82 Å². The molecule has 0 radical (unpaired) electrons. The molecule has 0 bridgehead atoms. The number of aromatic amines is 1. The van der Waals surface area contributed by atoms with Crippen molar-refractivity contribution >= 4 is 28.5 Å². The van der Waals surface area contributed by atoms with Crippen LogP contribution in [0.25, 0.3) is 11.0 Å². The van der Waals surface area contributed by atoms with E-state index >= 15 is 0 Å². The molecule has 1 fully saturated rings. The maximum atomic E-state index is 13.0. The number of likely N-dealkylation sites (tertiary alicyclic amines) is 1. The molecule has 0 aliphatic carbocycles. The molecule has 1 aliphatic heterocycles. The molecule has 1 amide bonds. The summed E-state index contributed by atoms with van der Waals surface area (Å²) < 4.78 is 1.68. The average molecular weight is 421 g/mol. The summed E-state index contributed by atoms with van der Waals surface area (Å²) in [6.45, 7) is 1.89. The van der Waals surface area contributed by atoms with E-state index in [1.165, 1.54) is 0 Å². The fraction of sp³-hybridized carbons (Fsp3) is 0.273. The molecule has 2 aromatic heterocycles. The Labute approximate surface area is 178 Å². The van der Waals surface area contributed by atoms with Gasteiger partial charge in [0.25, 0.3) is 5.91 Å². The predicted molar refractivity (Wildman–Crippen MR) is 115 cm³/mol. The standard InChI is InChI=1S/C22H21ClN6O/c23-17-9-7-15(8-10-17)12-29-14-20(26-27-29)22(30)28-11-3-4-16(13-28)21-24-18-5-1-2-6-19(18)25-21/h1-2,5-10,14,16H,3-4,11-13H2,(H,24,25)/t16-/m1/s1. The highest BCUT2D eigenvalue weighted by Gasteiger charge is 2.28. The van der Waals surface area contributed by atoms with E-state index in [0.29, 0.717) is 23.8 Å². The van der Waals surface area contributed by atoms with Gasteiger partial charge in [-0.3, -0.25) is 4.79 Å². The number of nitrogens with zero attached hydrogens (tertiary/aromatic N) is 5. The summed E-state index contributed by atoms with van der Waals surface area (Å²) in [5.41, 5.74) is 3.41. The number of H-pyrrole nitrogens is 1. The van der Waals surface area contributed by atoms with Crippen molar-refractivity contribution in [2.24, 2.45) is 0 Å². The minimum atomic E-state index is -0.0850. The molecule has 1 aliphatic rings. The van der Waals surface area contributed by atoms with Crippen LogP contribution in [0.15, 0.2) is 54.7 Å². The number of imidazole rings is 1. The second-order valence-electron chi connectivity index (χ2n) is 7.66. The number of rotatable bonds is 4. The molecule has 0 saturated carbocycles. The Morgan fingerprint density at radius 2 is 2.00 bits per heavy atom. The molecule has 152 valence electrons. The number of amides is 1. The molecule has 2 aromatic carbocycles. The van der Waals surface area contributed by atoms with Crippen molar-refractivity contribution in [2.45, 2.75) is 25.3 Å². The lowest BCUT2D eigenvalue weighted by atomic mass is 9.97. The summed E-state index contributed by atoms with van der Waals surface area (Å²) in [4.78, 5) is 23.0. The van der Waals surface area contributed by atoms with Crippen molar-refractivity contribution in [3.05, 3.63) is 76.8 Å². The number of carbonyl (C=O) groups is 1. The fourth-order valence-corrected chi connectivity index (χ4v) is 4.09. The minimum Gasteiger partial charge on any atom is -0.342 e. The number of nitrogens with one attached hydrogen (secondary N) is 1. The average Bonchev–Trinajstić information content (AvgIpc) is 3.42. The summed E-state index contributed by atoms with van der Waals surface area (Å²) in [7, 11) is 0. The molecule has 1 saturated heterocycles. The third kappa shape index (κ3) is 3.80. The Morgan fingerprint density at radius 1 is 1.17 bits per heavy atom. The Bertz CT molecular complexity index is 1150. The van der Waals surface area contributed by atoms with Crippen LogP contribution in [0.4, 0.5) is 0 Å². The van der Waals surface area contributed by atoms with Crippen molar-refractivity contribution < 1.29 is 4.79 Å². The molecule has 3 heterocycles. The van der Waals surface area contributed by atoms with Crippen molar-refractivity contribution in [3.63, 3.8) is 0 Å². The first kappa shape index (κ1) is 18.8. The third-order valence-corrected chi connectivity index (χ3v) is 5.77. The largest absolute Gasteiger partial charge is 0.342 e. The zero-order valence-electron chi connectivity index (χ0n) is 16.3. The summed E-state index contributed by atoms with van der Waals surface area (Å²) in [6, 6.07) is 15.6. The second-order valence-corrected chi connectivity index (χ2v) is 8.09. The number of hydrogen-bond acceptors (Lipinski definition) is 4. The van der Waals surface area contributed by atoms with Crippen LogP contribution < -0.4 is 0 Å². The Morgan fingerprint density at radius 3 is 2.83 bits per heavy atom. The maximum absolute atomic E-state index is 13.0. The van der Waals surface area contributed by atoms with E-state index in [2.05, 4.69) is 15.3 Å². The Balaban J connectivity index is 1.28. The van der Waals surface area contributed by atoms with E-state index < -0.39 is 0 Å². The number of halogens is 1. The number of carbonyl (C=O) groups excluding carboxylic acids is 1. The summed E-state index contributed by atoms with van der Waals surface area (Å²) in [5.74, 6) is 1.05. The van der Waals surface area contributed by atoms with Gasteiger partial charge in [0.2, 0.25) is 0 Å². The number of para-hydroxylation sites is 2. The first-order valence-electron chi connectivity index (χ1n) is 10.0. The van der Waals surface area contributed by atoms with Crippen LogP contribution in [0, 0.1) is 0 Å². The van der Waals surface area contributed by atoms with Crippen LogP contribution in [-0.2, 0) is 6.54 Å². The topological polar surface area (TPSA) is 79.7 Å². The second kappa shape index (κ2) is 7.91. The van der Waals surface area contributed by atoms with Crippen molar-refractivity contribution in [2.75, 3.05) is 13.1 Å². The van der Waals surface area contributed by atoms with Crippen LogP contribution in [0.1, 0.15) is 40.6 Å². The van der Waals surface area contributed by atoms with E-state index in [-0.39, 0.29) is 11.8 Å². The Kier molecular flexibility index (Phi) is 4.96. The summed E-state index contributed by atoms with van der Waals surface area (Å²) >= 11 is 5.93. The predicted octanol–water partition coefficient (Wildman–Crippen LogP) is 3.88. The highest BCUT2D eigenvalue weighted by atomic mass is 35.5. The number of hydrogen-bond donors (Lipinski definition) is 1. The molecule has 8 heteroatoms. The highest BCUT2D eigenvalue weighted by molar-refractivity contribution is 6.30. The third-order valence-electron chi connectivity index (χ3n) is 5.52. The van der Waals surface area contributed by atoms with E-state index in [4.69, 9.17) is 16.6 Å². The molecule has 4 aromatic rings. The van der Waals surface area contributed by atoms with E-state index in [0.717, 1.165) is 41.8 Å². The van der Waals surface area contributed by atoms with Gasteiger partial charge < -0.3 is 9.88 Å². The lowest BCUT2D eigenvalue weighted by Gasteiger charge is -2.31. The van der Waals surface area contributed by atoms with E-state index in [1.54, 1.807) is 10.9 Å². The monoisotopic (exact) mass is 420 g/mol. The zero-order valence-corrected chi connectivity index (χ0v) is 17.1. The minimum absolute atomic E-state index is 0.0850. The van der Waals surface area contributed by atoms with Crippen LogP contribution >= 0.6 is 11.6 Å². The molecule has 5 rings (SSSR count). The lowest BCUT2D eigenvalue weighted by Crippen LogP contribution is -2.39. The molecule has 0 unspecified atom stereocenters. The van der Waals surface area contributed by atoms with Gasteiger partial charge in [0, 0.05) is 24.0 Å². The van der Waals surface area contributed by atoms with Gasteiger partial charge in [-0.2, -0.15) is 0 Å².